The van der Waals surface area contributed by atoms with Gasteiger partial charge in [-0.1, -0.05) is 44.0 Å². The first-order chi connectivity index (χ1) is 9.11. The van der Waals surface area contributed by atoms with Crippen LogP contribution >= 0.6 is 31.9 Å². The van der Waals surface area contributed by atoms with E-state index >= 15 is 0 Å². The van der Waals surface area contributed by atoms with Crippen LogP contribution in [0.1, 0.15) is 11.1 Å². The number of benzene rings is 3. The molecule has 0 saturated carbocycles. The minimum Gasteiger partial charge on any atom is -0.192 e. The Labute approximate surface area is 128 Å². The van der Waals surface area contributed by atoms with Gasteiger partial charge in [0.15, 0.2) is 0 Å². The average molecular weight is 375 g/mol. The van der Waals surface area contributed by atoms with Crippen molar-refractivity contribution >= 4 is 53.4 Å². The number of nitrogens with zero attached hydrogens (tertiary/aromatic N) is 1. The van der Waals surface area contributed by atoms with Gasteiger partial charge in [-0.05, 0) is 52.9 Å². The van der Waals surface area contributed by atoms with Crippen molar-refractivity contribution in [3.8, 4) is 6.07 Å². The van der Waals surface area contributed by atoms with Gasteiger partial charge in [0, 0.05) is 14.3 Å². The van der Waals surface area contributed by atoms with Crippen molar-refractivity contribution < 1.29 is 0 Å². The molecule has 0 saturated heterocycles. The Kier molecular flexibility index (Phi) is 3.08. The number of aryl methyl sites for hydroxylation is 1. The SMILES string of the molecule is Cc1c(C#N)c2cc(Br)ccc2c2ccc(Br)cc12. The molecule has 0 fully saturated rings. The lowest BCUT2D eigenvalue weighted by molar-refractivity contribution is 1.45. The third kappa shape index (κ3) is 1.96. The van der Waals surface area contributed by atoms with Crippen LogP contribution in [0.15, 0.2) is 45.3 Å². The van der Waals surface area contributed by atoms with Gasteiger partial charge >= 0.3 is 0 Å². The van der Waals surface area contributed by atoms with E-state index in [-0.39, 0.29) is 0 Å². The molecule has 0 aliphatic rings. The molecule has 0 aliphatic heterocycles. The molecule has 3 aromatic rings. The predicted octanol–water partition coefficient (Wildman–Crippen LogP) is 5.70. The van der Waals surface area contributed by atoms with Crippen molar-refractivity contribution in [2.24, 2.45) is 0 Å². The maximum Gasteiger partial charge on any atom is 0.100 e. The molecule has 0 bridgehead atoms. The molecule has 0 aliphatic carbocycles. The van der Waals surface area contributed by atoms with Gasteiger partial charge in [-0.25, -0.2) is 0 Å². The first-order valence-corrected chi connectivity index (χ1v) is 7.41. The highest BCUT2D eigenvalue weighted by atomic mass is 79.9. The topological polar surface area (TPSA) is 23.8 Å². The van der Waals surface area contributed by atoms with Crippen LogP contribution < -0.4 is 0 Å². The van der Waals surface area contributed by atoms with E-state index in [0.717, 1.165) is 36.2 Å². The van der Waals surface area contributed by atoms with Crippen molar-refractivity contribution in [3.63, 3.8) is 0 Å². The molecule has 0 spiro atoms. The second-order valence-electron chi connectivity index (χ2n) is 4.49. The van der Waals surface area contributed by atoms with Crippen LogP contribution in [0.4, 0.5) is 0 Å². The summed E-state index contributed by atoms with van der Waals surface area (Å²) in [5.74, 6) is 0. The molecule has 0 radical (unpaired) electrons. The zero-order valence-corrected chi connectivity index (χ0v) is 13.3. The number of halogens is 2. The number of fused-ring (bicyclic) bond motifs is 3. The molecule has 0 unspecified atom stereocenters. The van der Waals surface area contributed by atoms with Gasteiger partial charge in [0.05, 0.1) is 5.56 Å². The zero-order chi connectivity index (χ0) is 13.6. The summed E-state index contributed by atoms with van der Waals surface area (Å²) >= 11 is 6.98. The Morgan fingerprint density at radius 1 is 0.842 bits per heavy atom. The van der Waals surface area contributed by atoms with Crippen LogP contribution in [-0.2, 0) is 0 Å². The van der Waals surface area contributed by atoms with Gasteiger partial charge in [-0.3, -0.25) is 0 Å². The van der Waals surface area contributed by atoms with Crippen LogP contribution in [0.25, 0.3) is 21.5 Å². The van der Waals surface area contributed by atoms with Gasteiger partial charge < -0.3 is 0 Å². The van der Waals surface area contributed by atoms with Crippen molar-refractivity contribution in [1.82, 2.24) is 0 Å². The average Bonchev–Trinajstić information content (AvgIpc) is 2.39. The van der Waals surface area contributed by atoms with Crippen molar-refractivity contribution in [2.45, 2.75) is 6.92 Å². The van der Waals surface area contributed by atoms with E-state index in [1.165, 1.54) is 5.39 Å². The number of hydrogen-bond acceptors (Lipinski definition) is 1. The molecule has 1 nitrogen and oxygen atoms in total. The summed E-state index contributed by atoms with van der Waals surface area (Å²) in [5.41, 5.74) is 1.78. The van der Waals surface area contributed by atoms with E-state index in [1.54, 1.807) is 0 Å². The quantitative estimate of drug-likeness (QED) is 0.463. The fourth-order valence-corrected chi connectivity index (χ4v) is 3.22. The summed E-state index contributed by atoms with van der Waals surface area (Å²) in [7, 11) is 0. The molecule has 19 heavy (non-hydrogen) atoms. The molecule has 0 atom stereocenters. The Morgan fingerprint density at radius 3 is 1.95 bits per heavy atom. The van der Waals surface area contributed by atoms with Gasteiger partial charge in [-0.15, -0.1) is 0 Å². The highest BCUT2D eigenvalue weighted by molar-refractivity contribution is 9.10. The highest BCUT2D eigenvalue weighted by Gasteiger charge is 2.11. The molecule has 3 heteroatoms. The maximum atomic E-state index is 9.46. The van der Waals surface area contributed by atoms with Crippen molar-refractivity contribution in [3.05, 3.63) is 56.5 Å². The first kappa shape index (κ1) is 12.7. The third-order valence-electron chi connectivity index (χ3n) is 3.41. The molecular weight excluding hydrogens is 366 g/mol. The lowest BCUT2D eigenvalue weighted by Crippen LogP contribution is -1.90. The Bertz CT molecular complexity index is 860. The third-order valence-corrected chi connectivity index (χ3v) is 4.40. The first-order valence-electron chi connectivity index (χ1n) is 5.83. The fourth-order valence-electron chi connectivity index (χ4n) is 2.50. The highest BCUT2D eigenvalue weighted by Crippen LogP contribution is 2.35. The molecule has 92 valence electrons. The lowest BCUT2D eigenvalue weighted by Gasteiger charge is -2.11. The van der Waals surface area contributed by atoms with Gasteiger partial charge in [-0.2, -0.15) is 5.26 Å². The van der Waals surface area contributed by atoms with E-state index in [9.17, 15) is 5.26 Å². The molecular formula is C16H9Br2N. The number of nitriles is 1. The normalized spacial score (nSPS) is 10.8. The summed E-state index contributed by atoms with van der Waals surface area (Å²) in [4.78, 5) is 0. The Hall–Kier alpha value is -1.37. The predicted molar refractivity (Wildman–Crippen MR) is 86.3 cm³/mol. The summed E-state index contributed by atoms with van der Waals surface area (Å²) < 4.78 is 2.02. The van der Waals surface area contributed by atoms with Crippen LogP contribution in [0, 0.1) is 18.3 Å². The van der Waals surface area contributed by atoms with E-state index in [4.69, 9.17) is 0 Å². The lowest BCUT2D eigenvalue weighted by atomic mass is 9.93. The van der Waals surface area contributed by atoms with Gasteiger partial charge in [0.2, 0.25) is 0 Å². The molecule has 0 amide bonds. The van der Waals surface area contributed by atoms with Crippen LogP contribution in [-0.4, -0.2) is 0 Å². The molecule has 0 heterocycles. The van der Waals surface area contributed by atoms with E-state index in [0.29, 0.717) is 0 Å². The second-order valence-corrected chi connectivity index (χ2v) is 6.32. The summed E-state index contributed by atoms with van der Waals surface area (Å²) in [6, 6.07) is 14.7. The zero-order valence-electron chi connectivity index (χ0n) is 10.2. The fraction of sp³-hybridized carbons (Fsp3) is 0.0625. The summed E-state index contributed by atoms with van der Waals surface area (Å²) in [5, 5.41) is 13.9. The van der Waals surface area contributed by atoms with Crippen LogP contribution in [0.2, 0.25) is 0 Å². The van der Waals surface area contributed by atoms with Crippen LogP contribution in [0.3, 0.4) is 0 Å². The van der Waals surface area contributed by atoms with Crippen LogP contribution in [0.5, 0.6) is 0 Å². The van der Waals surface area contributed by atoms with Gasteiger partial charge in [0.25, 0.3) is 0 Å². The Morgan fingerprint density at radius 2 is 1.37 bits per heavy atom. The van der Waals surface area contributed by atoms with E-state index < -0.39 is 0 Å². The minimum atomic E-state index is 0.752. The Balaban J connectivity index is 2.65. The smallest absolute Gasteiger partial charge is 0.100 e. The standard InChI is InChI=1S/C16H9Br2N/c1-9-14-6-10(17)2-4-12(14)13-5-3-11(18)7-15(13)16(9)8-19/h2-7H,1H3. The number of rotatable bonds is 0. The second kappa shape index (κ2) is 4.63. The van der Waals surface area contributed by atoms with E-state index in [2.05, 4.69) is 56.1 Å². The number of hydrogen-bond donors (Lipinski definition) is 0. The summed E-state index contributed by atoms with van der Waals surface area (Å²) in [6.45, 7) is 2.01. The maximum absolute atomic E-state index is 9.46. The molecule has 3 aromatic carbocycles. The van der Waals surface area contributed by atoms with E-state index in [1.807, 2.05) is 25.1 Å². The van der Waals surface area contributed by atoms with Crippen molar-refractivity contribution in [1.29, 1.82) is 5.26 Å². The molecule has 0 N–H and O–H groups in total. The monoisotopic (exact) mass is 373 g/mol. The summed E-state index contributed by atoms with van der Waals surface area (Å²) in [6.07, 6.45) is 0. The minimum absolute atomic E-state index is 0.752. The largest absolute Gasteiger partial charge is 0.192 e. The van der Waals surface area contributed by atoms with Gasteiger partial charge in [0.1, 0.15) is 6.07 Å². The molecule has 3 rings (SSSR count). The molecule has 0 aromatic heterocycles. The van der Waals surface area contributed by atoms with Crippen molar-refractivity contribution in [2.75, 3.05) is 0 Å².